The summed E-state index contributed by atoms with van der Waals surface area (Å²) in [5.41, 5.74) is 17.7. The van der Waals surface area contributed by atoms with Gasteiger partial charge in [0.2, 0.25) is 0 Å². The molecule has 32 atom stereocenters. The highest BCUT2D eigenvalue weighted by Gasteiger charge is 2.77. The number of carbonyl (C=O) groups is 2. The number of Topliss-reactive ketones (excluding diaryl/α,β-unsaturated/α-hetero) is 2. The molecule has 148 heavy (non-hydrogen) atoms. The number of aliphatic hydroxyl groups excluding tert-OH is 1. The lowest BCUT2D eigenvalue weighted by atomic mass is 9.49. The van der Waals surface area contributed by atoms with Crippen LogP contribution in [0.25, 0.3) is 0 Å². The van der Waals surface area contributed by atoms with E-state index >= 15 is 0 Å². The summed E-state index contributed by atoms with van der Waals surface area (Å²) in [6.07, 6.45) is 39.8. The number of rotatable bonds is 12. The Morgan fingerprint density at radius 3 is 1.00 bits per heavy atom. The average Bonchev–Trinajstić information content (AvgIpc) is 1.46. The molecule has 34 rings (SSSR count). The lowest BCUT2D eigenvalue weighted by Crippen LogP contribution is -2.72. The van der Waals surface area contributed by atoms with Gasteiger partial charge in [-0.15, -0.1) is 0 Å². The van der Waals surface area contributed by atoms with Gasteiger partial charge in [0.25, 0.3) is 0 Å². The van der Waals surface area contributed by atoms with Crippen molar-refractivity contribution in [3.05, 3.63) is 189 Å². The predicted octanol–water partition coefficient (Wildman–Crippen LogP) is 17.7. The average molecular weight is 2010 g/mol. The van der Waals surface area contributed by atoms with Gasteiger partial charge in [-0.05, 0) is 216 Å². The van der Waals surface area contributed by atoms with Crippen LogP contribution in [0, 0.1) is 65.1 Å². The summed E-state index contributed by atoms with van der Waals surface area (Å²) in [6.45, 7) is 33.5. The Morgan fingerprint density at radius 1 is 0.318 bits per heavy atom. The van der Waals surface area contributed by atoms with Gasteiger partial charge in [-0.1, -0.05) is 51.4 Å². The van der Waals surface area contributed by atoms with Gasteiger partial charge >= 0.3 is 0 Å². The van der Waals surface area contributed by atoms with Crippen molar-refractivity contribution in [3.63, 3.8) is 0 Å². The molecule has 18 unspecified atom stereocenters. The van der Waals surface area contributed by atoms with Crippen LogP contribution in [0.4, 0.5) is 0 Å². The third-order valence-corrected chi connectivity index (χ3v) is 48.3. The summed E-state index contributed by atoms with van der Waals surface area (Å²) < 4.78 is 45.0. The predicted molar refractivity (Wildman–Crippen MR) is 564 cm³/mol. The minimum Gasteiger partial charge on any atom is -0.508 e. The van der Waals surface area contributed by atoms with Gasteiger partial charge in [-0.2, -0.15) is 0 Å². The van der Waals surface area contributed by atoms with E-state index in [0.717, 1.165) is 179 Å². The number of phenolic OH excluding ortho intramolecular Hbond substituents is 6. The number of carbonyl (C=O) groups excluding carboxylic acids is 2. The molecule has 10 saturated carbocycles. The number of likely N-dealkylation sites (N-methyl/N-ethyl adjacent to an activating group) is 6. The third-order valence-electron chi connectivity index (χ3n) is 48.3. The fraction of sp³-hybridized carbons (Fsp3) is 0.638. The summed E-state index contributed by atoms with van der Waals surface area (Å²) in [6, 6.07) is 26.7. The molecular formula is C127H162N6O15+6. The number of aromatic hydroxyl groups is 6. The fourth-order valence-corrected chi connectivity index (χ4v) is 41.2. The highest BCUT2D eigenvalue weighted by atomic mass is 16.5. The second-order valence-electron chi connectivity index (χ2n) is 55.5. The number of quaternary nitrogens is 6. The van der Waals surface area contributed by atoms with Crippen molar-refractivity contribution in [1.82, 2.24) is 0 Å². The topological polar surface area (TPSA) is 231 Å². The molecule has 0 aromatic heterocycles. The number of ketones is 2. The lowest BCUT2D eigenvalue weighted by Gasteiger charge is -2.61. The zero-order chi connectivity index (χ0) is 101. The molecule has 784 valence electrons. The summed E-state index contributed by atoms with van der Waals surface area (Å²) in [7, 11) is 14.7. The van der Waals surface area contributed by atoms with Crippen molar-refractivity contribution in [2.24, 2.45) is 65.1 Å². The molecule has 6 saturated heterocycles. The number of phenols is 6. The molecule has 21 heteroatoms. The van der Waals surface area contributed by atoms with Crippen LogP contribution in [0.2, 0.25) is 0 Å². The van der Waals surface area contributed by atoms with Gasteiger partial charge in [0.15, 0.2) is 58.3 Å². The van der Waals surface area contributed by atoms with Crippen molar-refractivity contribution in [2.45, 2.75) is 324 Å². The van der Waals surface area contributed by atoms with Crippen molar-refractivity contribution < 1.29 is 101 Å². The third kappa shape index (κ3) is 12.8. The van der Waals surface area contributed by atoms with Crippen LogP contribution in [0.15, 0.2) is 122 Å². The number of ether oxygens (including phenoxy) is 6. The number of benzene rings is 6. The molecule has 0 radical (unpaired) electrons. The van der Waals surface area contributed by atoms with Crippen molar-refractivity contribution in [1.29, 1.82) is 0 Å². The molecule has 12 heterocycles. The van der Waals surface area contributed by atoms with Crippen LogP contribution in [0.3, 0.4) is 0 Å². The molecule has 28 aliphatic rings. The molecule has 6 spiro atoms. The molecule has 12 bridgehead atoms. The van der Waals surface area contributed by atoms with E-state index in [1.54, 1.807) is 18.2 Å². The SMILES string of the molecule is C=C1CCC2C3Cc4c(O)ccc5c4[C@@]2(CC[N@+]3(C)CC2CC2)C1O5.C=C1CCC2C3Cc4c(O)ccc5c4[C@@]2(CC[N@@+]3(C)CC2CC2)C1O5.C=CC[N@+]1(C)CC[C@@]23c4c5ccc(O)c4CC1C2CC[C@H](C)C3O5.C=CC[N@+]1(C)CC[C@@]23c4c5ccc(O)c4OC2[C@H](O)CCC3C1C5.C[N@+]1(CC2CC2)CC[C@@]23c4c5ccc(O)c4OC2C(=O)CCC3C1C5.C[N@@+]1(CC2CC2)CC[C@@]23c4c5ccc(O)c4OC2C(=O)CCC3C1C5. The highest BCUT2D eigenvalue weighted by molar-refractivity contribution is 5.90. The van der Waals surface area contributed by atoms with Gasteiger partial charge in [0, 0.05) is 199 Å². The number of hydrogen-bond acceptors (Lipinski definition) is 15. The second-order valence-corrected chi connectivity index (χ2v) is 55.5. The van der Waals surface area contributed by atoms with Crippen LogP contribution >= 0.6 is 0 Å². The quantitative estimate of drug-likeness (QED) is 0.0446. The Bertz CT molecular complexity index is 6380. The van der Waals surface area contributed by atoms with Crippen LogP contribution in [0.5, 0.6) is 69.0 Å². The van der Waals surface area contributed by atoms with E-state index in [-0.39, 0.29) is 91.8 Å². The zero-order valence-electron chi connectivity index (χ0n) is 89.0. The van der Waals surface area contributed by atoms with Crippen LogP contribution in [0.1, 0.15) is 241 Å². The molecule has 16 fully saturated rings. The number of aliphatic hydroxyl groups is 1. The largest absolute Gasteiger partial charge is 0.508 e. The Morgan fingerprint density at radius 2 is 0.615 bits per heavy atom. The summed E-state index contributed by atoms with van der Waals surface area (Å²) in [5, 5.41) is 73.8. The van der Waals surface area contributed by atoms with Crippen molar-refractivity contribution in [3.8, 4) is 69.0 Å². The Balaban J connectivity index is 0.0000000837. The maximum Gasteiger partial charge on any atom is 0.174 e. The molecular weight excluding hydrogens is 1850 g/mol. The summed E-state index contributed by atoms with van der Waals surface area (Å²) >= 11 is 0. The van der Waals surface area contributed by atoms with Crippen LogP contribution in [-0.4, -0.2) is 274 Å². The standard InChI is InChI=1S/2C22H27NO2.2C21H25NO3.C21H27NO2.C20H25NO3/c2*1-13-3-6-16-17-11-15-18(24)7-8-19-20(15)22(16,21(13)25-19)9-10-23(17,2)12-14-4-5-14;2*1-22(11-12-2-3-12)9-8-21-14-5-7-17(24)20(21)25-19-16(23)6-4-13(18(19)21)10-15(14)22;1-4-10-22(3)11-9-21-15-6-5-13(2)20(21)24-18-8-7-17(23)14(19(18)21)12-16(15)22;1-3-9-21(2)10-8-20-13-5-7-16(23)19(20)24-18-15(22)6-4-12(17(18)20)11-14(13)21/h2*7-8,14,16-17,21H,1,3-6,9-12H2,2H3;2*4,6,12,14-15,20H,2-3,5,7-11H2,1H3;4,7-8,13,15-16,20H,1,5-6,9-12H2,2-3H3;3-4,6,13-14,16,19,23H,1,5,7-11H2,2H3/p+6/t16?,17?,21?,22-,23+;16?,17?,21?,22-,23-;14?,15?,20?,21-,22+;14?,15?,20?,21-,22-;13-,15?,16?,20?,21-,22+;13?,14?,16-,19?,20-,21-/m001101/s1. The normalized spacial score (nSPS) is 43.9. The molecule has 16 aliphatic carbocycles. The van der Waals surface area contributed by atoms with E-state index in [1.807, 2.05) is 36.4 Å². The maximum absolute atomic E-state index is 12.8. The van der Waals surface area contributed by atoms with Crippen molar-refractivity contribution >= 4 is 11.6 Å². The molecule has 12 aliphatic heterocycles. The molecule has 0 amide bonds. The highest BCUT2D eigenvalue weighted by Crippen LogP contribution is 2.74. The number of likely N-dealkylation sites (tertiary alicyclic amines) is 6. The van der Waals surface area contributed by atoms with E-state index in [2.05, 4.69) is 106 Å². The van der Waals surface area contributed by atoms with Crippen LogP contribution < -0.4 is 28.4 Å². The lowest BCUT2D eigenvalue weighted by molar-refractivity contribution is -0.946. The van der Waals surface area contributed by atoms with E-state index < -0.39 is 6.10 Å². The monoisotopic (exact) mass is 2010 g/mol. The molecule has 21 nitrogen and oxygen atoms in total. The summed E-state index contributed by atoms with van der Waals surface area (Å²) in [5.74, 6) is 15.5. The maximum atomic E-state index is 12.8. The second kappa shape index (κ2) is 32.3. The van der Waals surface area contributed by atoms with E-state index in [0.29, 0.717) is 131 Å². The van der Waals surface area contributed by atoms with E-state index in [1.165, 1.54) is 238 Å². The Kier molecular flexibility index (Phi) is 20.7. The fourth-order valence-electron chi connectivity index (χ4n) is 41.2. The van der Waals surface area contributed by atoms with Gasteiger partial charge in [0.05, 0.1) is 196 Å². The number of nitrogens with zero attached hydrogens (tertiary/aromatic N) is 6. The van der Waals surface area contributed by atoms with E-state index in [4.69, 9.17) is 28.4 Å². The van der Waals surface area contributed by atoms with Gasteiger partial charge in [-0.25, -0.2) is 0 Å². The molecule has 6 aromatic carbocycles. The first-order valence-corrected chi connectivity index (χ1v) is 58.6. The minimum atomic E-state index is -0.434. The first-order chi connectivity index (χ1) is 71.1. The smallest absolute Gasteiger partial charge is 0.174 e. The molecule has 7 N–H and O–H groups in total. The van der Waals surface area contributed by atoms with Gasteiger partial charge < -0.3 is 91.1 Å². The Labute approximate surface area is 874 Å². The zero-order valence-corrected chi connectivity index (χ0v) is 89.0. The Hall–Kier alpha value is -9.06. The van der Waals surface area contributed by atoms with Gasteiger partial charge in [0.1, 0.15) is 58.9 Å². The number of piperidine rings is 6. The van der Waals surface area contributed by atoms with Crippen molar-refractivity contribution in [2.75, 3.05) is 121 Å². The summed E-state index contributed by atoms with van der Waals surface area (Å²) in [4.78, 5) is 25.5. The first-order valence-electron chi connectivity index (χ1n) is 58.6. The van der Waals surface area contributed by atoms with E-state index in [9.17, 15) is 45.3 Å². The minimum absolute atomic E-state index is 0.0863. The molecule has 6 aromatic rings. The van der Waals surface area contributed by atoms with Crippen LogP contribution in [-0.2, 0) is 80.6 Å². The van der Waals surface area contributed by atoms with Gasteiger partial charge in [-0.3, -0.25) is 9.59 Å². The number of hydrogen-bond donors (Lipinski definition) is 7. The first kappa shape index (κ1) is 94.9.